The molecule has 2 aromatic carbocycles. The van der Waals surface area contributed by atoms with E-state index in [0.717, 1.165) is 46.4 Å². The van der Waals surface area contributed by atoms with Gasteiger partial charge >= 0.3 is 0 Å². The average molecular weight is 474 g/mol. The molecule has 7 heteroatoms. The largest absolute Gasteiger partial charge is 0.367 e. The second kappa shape index (κ2) is 8.76. The zero-order valence-electron chi connectivity index (χ0n) is 19.7. The summed E-state index contributed by atoms with van der Waals surface area (Å²) in [6, 6.07) is 19.8. The van der Waals surface area contributed by atoms with Crippen LogP contribution in [-0.4, -0.2) is 51.6 Å². The molecule has 0 spiro atoms. The van der Waals surface area contributed by atoms with E-state index in [1.807, 2.05) is 70.1 Å². The Kier molecular flexibility index (Phi) is 5.78. The summed E-state index contributed by atoms with van der Waals surface area (Å²) in [5.41, 5.74) is 4.85. The van der Waals surface area contributed by atoms with Crippen LogP contribution in [0, 0.1) is 0 Å². The maximum Gasteiger partial charge on any atom is 0.257 e. The number of piperazine rings is 1. The van der Waals surface area contributed by atoms with Crippen LogP contribution in [0.15, 0.2) is 66.9 Å². The van der Waals surface area contributed by atoms with Gasteiger partial charge in [0.05, 0.1) is 27.7 Å². The third-order valence-electron chi connectivity index (χ3n) is 6.29. The van der Waals surface area contributed by atoms with Gasteiger partial charge in [-0.1, -0.05) is 74.8 Å². The van der Waals surface area contributed by atoms with Gasteiger partial charge in [-0.15, -0.1) is 0 Å². The summed E-state index contributed by atoms with van der Waals surface area (Å²) in [4.78, 5) is 22.5. The maximum atomic E-state index is 13.8. The predicted octanol–water partition coefficient (Wildman–Crippen LogP) is 5.31. The van der Waals surface area contributed by atoms with Gasteiger partial charge in [-0.2, -0.15) is 5.10 Å². The molecule has 0 atom stereocenters. The molecule has 1 amide bonds. The molecule has 0 radical (unpaired) electrons. The molecule has 1 saturated heterocycles. The maximum absolute atomic E-state index is 13.8. The molecule has 34 heavy (non-hydrogen) atoms. The van der Waals surface area contributed by atoms with Gasteiger partial charge in [0.1, 0.15) is 0 Å². The van der Waals surface area contributed by atoms with Crippen LogP contribution in [0.1, 0.15) is 36.8 Å². The van der Waals surface area contributed by atoms with Crippen LogP contribution in [-0.2, 0) is 5.41 Å². The number of nitrogens with zero attached hydrogens (tertiary/aromatic N) is 5. The number of benzene rings is 2. The molecule has 3 heterocycles. The molecule has 6 nitrogen and oxygen atoms in total. The molecule has 0 bridgehead atoms. The number of aromatic nitrogens is 3. The lowest BCUT2D eigenvalue weighted by atomic mass is 9.93. The first-order chi connectivity index (χ1) is 16.3. The molecule has 0 saturated carbocycles. The number of hydrogen-bond acceptors (Lipinski definition) is 4. The summed E-state index contributed by atoms with van der Waals surface area (Å²) >= 11 is 6.39. The van der Waals surface area contributed by atoms with Crippen LogP contribution >= 0.6 is 11.6 Å². The van der Waals surface area contributed by atoms with Crippen molar-refractivity contribution in [3.05, 3.63) is 83.1 Å². The number of anilines is 1. The van der Waals surface area contributed by atoms with E-state index in [2.05, 4.69) is 30.7 Å². The number of para-hydroxylation sites is 1. The number of halogens is 1. The second-order valence-corrected chi connectivity index (χ2v) is 10.1. The topological polar surface area (TPSA) is 53.7 Å². The normalized spacial score (nSPS) is 14.6. The Morgan fingerprint density at radius 3 is 2.29 bits per heavy atom. The predicted molar refractivity (Wildman–Crippen MR) is 137 cm³/mol. The third kappa shape index (κ3) is 4.14. The highest BCUT2D eigenvalue weighted by molar-refractivity contribution is 6.33. The van der Waals surface area contributed by atoms with Crippen molar-refractivity contribution >= 4 is 28.8 Å². The van der Waals surface area contributed by atoms with Gasteiger partial charge in [0, 0.05) is 49.4 Å². The lowest BCUT2D eigenvalue weighted by Gasteiger charge is -2.36. The quantitative estimate of drug-likeness (QED) is 0.404. The van der Waals surface area contributed by atoms with Crippen LogP contribution in [0.5, 0.6) is 0 Å². The van der Waals surface area contributed by atoms with Gasteiger partial charge in [-0.25, -0.2) is 9.50 Å². The molecule has 0 unspecified atom stereocenters. The Hall–Kier alpha value is -3.38. The minimum atomic E-state index is -0.124. The first-order valence-electron chi connectivity index (χ1n) is 11.6. The van der Waals surface area contributed by atoms with Crippen molar-refractivity contribution in [2.45, 2.75) is 26.2 Å². The molecule has 2 aromatic heterocycles. The van der Waals surface area contributed by atoms with Crippen molar-refractivity contribution < 1.29 is 4.79 Å². The smallest absolute Gasteiger partial charge is 0.257 e. The number of amides is 1. The minimum Gasteiger partial charge on any atom is -0.367 e. The lowest BCUT2D eigenvalue weighted by molar-refractivity contribution is 0.0746. The highest BCUT2D eigenvalue weighted by Crippen LogP contribution is 2.30. The summed E-state index contributed by atoms with van der Waals surface area (Å²) < 4.78 is 1.82. The Balaban J connectivity index is 1.50. The van der Waals surface area contributed by atoms with Crippen molar-refractivity contribution in [2.24, 2.45) is 0 Å². The fraction of sp³-hybridized carbons (Fsp3) is 0.296. The van der Waals surface area contributed by atoms with E-state index in [4.69, 9.17) is 16.7 Å². The van der Waals surface area contributed by atoms with Crippen LogP contribution in [0.3, 0.4) is 0 Å². The van der Waals surface area contributed by atoms with E-state index >= 15 is 0 Å². The molecule has 1 aliphatic heterocycles. The first kappa shape index (κ1) is 22.4. The average Bonchev–Trinajstić information content (AvgIpc) is 3.29. The molecule has 1 aliphatic rings. The van der Waals surface area contributed by atoms with Crippen molar-refractivity contribution in [3.63, 3.8) is 0 Å². The van der Waals surface area contributed by atoms with Crippen LogP contribution in [0.4, 0.5) is 5.69 Å². The summed E-state index contributed by atoms with van der Waals surface area (Å²) in [7, 11) is 0. The molecule has 1 fully saturated rings. The SMILES string of the molecule is CC(C)(C)c1cc2ncc(C(=O)N3CCN(c4ccccc4Cl)CC3)c(-c3ccccc3)n2n1. The summed E-state index contributed by atoms with van der Waals surface area (Å²) in [5, 5.41) is 5.60. The summed E-state index contributed by atoms with van der Waals surface area (Å²) in [6.07, 6.45) is 1.70. The zero-order valence-corrected chi connectivity index (χ0v) is 20.5. The van der Waals surface area contributed by atoms with Gasteiger partial charge in [-0.05, 0) is 12.1 Å². The minimum absolute atomic E-state index is 0.0279. The Morgan fingerprint density at radius 2 is 1.62 bits per heavy atom. The Bertz CT molecular complexity index is 1330. The van der Waals surface area contributed by atoms with Crippen LogP contribution in [0.2, 0.25) is 5.02 Å². The summed E-state index contributed by atoms with van der Waals surface area (Å²) in [6.45, 7) is 9.05. The van der Waals surface area contributed by atoms with E-state index < -0.39 is 0 Å². The van der Waals surface area contributed by atoms with Crippen LogP contribution < -0.4 is 4.90 Å². The van der Waals surface area contributed by atoms with Gasteiger partial charge in [0.15, 0.2) is 5.65 Å². The van der Waals surface area contributed by atoms with Gasteiger partial charge in [0.25, 0.3) is 5.91 Å². The Morgan fingerprint density at radius 1 is 0.941 bits per heavy atom. The number of carbonyl (C=O) groups excluding carboxylic acids is 1. The third-order valence-corrected chi connectivity index (χ3v) is 6.61. The van der Waals surface area contributed by atoms with E-state index in [0.29, 0.717) is 18.7 Å². The van der Waals surface area contributed by atoms with Crippen molar-refractivity contribution in [3.8, 4) is 11.3 Å². The highest BCUT2D eigenvalue weighted by atomic mass is 35.5. The van der Waals surface area contributed by atoms with E-state index in [1.165, 1.54) is 0 Å². The molecule has 0 aliphatic carbocycles. The number of rotatable bonds is 3. The molecule has 5 rings (SSSR count). The standard InChI is InChI=1S/C27H28ClN5O/c1-27(2,3)23-17-24-29-18-20(25(33(24)30-23)19-9-5-4-6-10-19)26(34)32-15-13-31(14-16-32)22-12-8-7-11-21(22)28/h4-12,17-18H,13-16H2,1-3H3. The molecule has 0 N–H and O–H groups in total. The molecule has 4 aromatic rings. The van der Waals surface area contributed by atoms with Gasteiger partial charge in [-0.3, -0.25) is 4.79 Å². The van der Waals surface area contributed by atoms with Gasteiger partial charge in [0.2, 0.25) is 0 Å². The van der Waals surface area contributed by atoms with Gasteiger partial charge < -0.3 is 9.80 Å². The highest BCUT2D eigenvalue weighted by Gasteiger charge is 2.28. The number of carbonyl (C=O) groups is 1. The first-order valence-corrected chi connectivity index (χ1v) is 11.9. The fourth-order valence-corrected chi connectivity index (χ4v) is 4.61. The Labute approximate surface area is 204 Å². The summed E-state index contributed by atoms with van der Waals surface area (Å²) in [5.74, 6) is -0.0279. The van der Waals surface area contributed by atoms with Crippen molar-refractivity contribution in [1.29, 1.82) is 0 Å². The lowest BCUT2D eigenvalue weighted by Crippen LogP contribution is -2.49. The molecular formula is C27H28ClN5O. The van der Waals surface area contributed by atoms with Crippen LogP contribution in [0.25, 0.3) is 16.9 Å². The second-order valence-electron chi connectivity index (χ2n) is 9.67. The zero-order chi connectivity index (χ0) is 23.9. The van der Waals surface area contributed by atoms with E-state index in [-0.39, 0.29) is 11.3 Å². The fourth-order valence-electron chi connectivity index (χ4n) is 4.36. The molecule has 174 valence electrons. The van der Waals surface area contributed by atoms with E-state index in [1.54, 1.807) is 6.20 Å². The van der Waals surface area contributed by atoms with Crippen molar-refractivity contribution in [1.82, 2.24) is 19.5 Å². The number of fused-ring (bicyclic) bond motifs is 1. The monoisotopic (exact) mass is 473 g/mol. The number of hydrogen-bond donors (Lipinski definition) is 0. The molecular weight excluding hydrogens is 446 g/mol. The van der Waals surface area contributed by atoms with E-state index in [9.17, 15) is 4.79 Å². The van der Waals surface area contributed by atoms with Crippen molar-refractivity contribution in [2.75, 3.05) is 31.1 Å².